The summed E-state index contributed by atoms with van der Waals surface area (Å²) < 4.78 is 38.4. The summed E-state index contributed by atoms with van der Waals surface area (Å²) in [5.74, 6) is 0.952. The quantitative estimate of drug-likeness (QED) is 0.898. The Balaban J connectivity index is 2.13. The third kappa shape index (κ3) is 3.89. The van der Waals surface area contributed by atoms with E-state index >= 15 is 0 Å². The molecule has 1 atom stereocenters. The van der Waals surface area contributed by atoms with Crippen LogP contribution in [0.4, 0.5) is 13.2 Å². The van der Waals surface area contributed by atoms with E-state index in [2.05, 4.69) is 10.3 Å². The van der Waals surface area contributed by atoms with Crippen LogP contribution in [0.3, 0.4) is 0 Å². The van der Waals surface area contributed by atoms with Gasteiger partial charge in [-0.15, -0.1) is 0 Å². The Hall–Kier alpha value is -1.17. The second kappa shape index (κ2) is 5.86. The van der Waals surface area contributed by atoms with Crippen LogP contribution in [0.25, 0.3) is 0 Å². The van der Waals surface area contributed by atoms with Crippen molar-refractivity contribution in [2.45, 2.75) is 32.1 Å². The van der Waals surface area contributed by atoms with Crippen LogP contribution < -0.4 is 5.32 Å². The molecule has 2 nitrogen and oxygen atoms in total. The molecule has 1 saturated heterocycles. The molecule has 1 aliphatic rings. The van der Waals surface area contributed by atoms with E-state index < -0.39 is 11.7 Å². The van der Waals surface area contributed by atoms with E-state index in [9.17, 15) is 13.2 Å². The minimum absolute atomic E-state index is 0.0533. The SMILES string of the molecule is CC1CCSC(=NCc2ccccc2C(F)(F)F)N1. The van der Waals surface area contributed by atoms with Crippen molar-refractivity contribution >= 4 is 16.9 Å². The second-order valence-electron chi connectivity index (χ2n) is 4.46. The maximum atomic E-state index is 12.8. The minimum Gasteiger partial charge on any atom is -0.362 e. The highest BCUT2D eigenvalue weighted by molar-refractivity contribution is 8.13. The second-order valence-corrected chi connectivity index (χ2v) is 5.54. The summed E-state index contributed by atoms with van der Waals surface area (Å²) in [6.45, 7) is 2.09. The first-order valence-corrected chi connectivity index (χ1v) is 7.04. The van der Waals surface area contributed by atoms with Crippen molar-refractivity contribution in [3.63, 3.8) is 0 Å². The molecule has 0 aromatic heterocycles. The van der Waals surface area contributed by atoms with Gasteiger partial charge in [0.25, 0.3) is 0 Å². The minimum atomic E-state index is -4.32. The summed E-state index contributed by atoms with van der Waals surface area (Å²) in [6.07, 6.45) is -3.28. The lowest BCUT2D eigenvalue weighted by atomic mass is 10.1. The molecule has 19 heavy (non-hydrogen) atoms. The highest BCUT2D eigenvalue weighted by Gasteiger charge is 2.32. The monoisotopic (exact) mass is 288 g/mol. The number of halogens is 3. The van der Waals surface area contributed by atoms with E-state index in [0.29, 0.717) is 6.04 Å². The molecule has 1 heterocycles. The Morgan fingerprint density at radius 3 is 2.79 bits per heavy atom. The topological polar surface area (TPSA) is 24.4 Å². The van der Waals surface area contributed by atoms with Gasteiger partial charge in [-0.3, -0.25) is 4.99 Å². The Morgan fingerprint density at radius 1 is 1.37 bits per heavy atom. The highest BCUT2D eigenvalue weighted by Crippen LogP contribution is 2.32. The molecule has 0 radical (unpaired) electrons. The average Bonchev–Trinajstić information content (AvgIpc) is 2.36. The van der Waals surface area contributed by atoms with Crippen LogP contribution in [0.1, 0.15) is 24.5 Å². The van der Waals surface area contributed by atoms with Gasteiger partial charge in [0.15, 0.2) is 5.17 Å². The van der Waals surface area contributed by atoms with Crippen LogP contribution in [-0.2, 0) is 12.7 Å². The van der Waals surface area contributed by atoms with Crippen molar-refractivity contribution < 1.29 is 13.2 Å². The normalized spacial score (nSPS) is 22.3. The van der Waals surface area contributed by atoms with Gasteiger partial charge in [-0.1, -0.05) is 30.0 Å². The molecule has 0 aliphatic carbocycles. The summed E-state index contributed by atoms with van der Waals surface area (Å²) in [5, 5.41) is 3.91. The standard InChI is InChI=1S/C13H15F3N2S/c1-9-6-7-19-12(18-9)17-8-10-4-2-3-5-11(10)13(14,15)16/h2-5,9H,6-8H2,1H3,(H,17,18). The van der Waals surface area contributed by atoms with Gasteiger partial charge < -0.3 is 5.32 Å². The van der Waals surface area contributed by atoms with Gasteiger partial charge in [-0.25, -0.2) is 0 Å². The van der Waals surface area contributed by atoms with Gasteiger partial charge in [-0.2, -0.15) is 13.2 Å². The Labute approximate surface area is 114 Å². The highest BCUT2D eigenvalue weighted by atomic mass is 32.2. The first-order valence-electron chi connectivity index (χ1n) is 6.05. The zero-order valence-corrected chi connectivity index (χ0v) is 11.3. The number of nitrogens with one attached hydrogen (secondary N) is 1. The van der Waals surface area contributed by atoms with Gasteiger partial charge >= 0.3 is 6.18 Å². The first-order chi connectivity index (χ1) is 8.97. The maximum absolute atomic E-state index is 12.8. The molecule has 2 rings (SSSR count). The third-order valence-electron chi connectivity index (χ3n) is 2.88. The maximum Gasteiger partial charge on any atom is 0.416 e. The summed E-state index contributed by atoms with van der Waals surface area (Å²) in [4.78, 5) is 4.25. The summed E-state index contributed by atoms with van der Waals surface area (Å²) in [6, 6.07) is 5.91. The zero-order chi connectivity index (χ0) is 13.9. The van der Waals surface area contributed by atoms with Crippen LogP contribution in [0.2, 0.25) is 0 Å². The molecule has 0 spiro atoms. The molecule has 0 amide bonds. The van der Waals surface area contributed by atoms with Gasteiger partial charge in [0, 0.05) is 11.8 Å². The average molecular weight is 288 g/mol. The molecule has 1 aromatic carbocycles. The molecule has 1 aliphatic heterocycles. The van der Waals surface area contributed by atoms with E-state index in [1.54, 1.807) is 17.8 Å². The number of thioether (sulfide) groups is 1. The fourth-order valence-corrected chi connectivity index (χ4v) is 2.95. The molecule has 104 valence electrons. The van der Waals surface area contributed by atoms with Crippen LogP contribution in [0.15, 0.2) is 29.3 Å². The number of aliphatic imine (C=N–C) groups is 1. The molecule has 1 aromatic rings. The van der Waals surface area contributed by atoms with Gasteiger partial charge in [0.1, 0.15) is 0 Å². The lowest BCUT2D eigenvalue weighted by Crippen LogP contribution is -2.35. The molecule has 0 saturated carbocycles. The number of rotatable bonds is 2. The van der Waals surface area contributed by atoms with E-state index in [0.717, 1.165) is 23.4 Å². The molecular weight excluding hydrogens is 273 g/mol. The predicted octanol–water partition coefficient (Wildman–Crippen LogP) is 3.68. The number of benzene rings is 1. The number of nitrogens with zero attached hydrogens (tertiary/aromatic N) is 1. The molecular formula is C13H15F3N2S. The number of amidine groups is 1. The predicted molar refractivity (Wildman–Crippen MR) is 72.3 cm³/mol. The van der Waals surface area contributed by atoms with Gasteiger partial charge in [0.05, 0.1) is 12.1 Å². The fourth-order valence-electron chi connectivity index (χ4n) is 1.84. The summed E-state index contributed by atoms with van der Waals surface area (Å²) in [5.41, 5.74) is -0.392. The summed E-state index contributed by atoms with van der Waals surface area (Å²) in [7, 11) is 0. The van der Waals surface area contributed by atoms with Crippen molar-refractivity contribution in [2.24, 2.45) is 4.99 Å². The molecule has 6 heteroatoms. The Bertz CT molecular complexity index is 471. The molecule has 1 unspecified atom stereocenters. The first kappa shape index (κ1) is 14.2. The van der Waals surface area contributed by atoms with E-state index in [1.807, 2.05) is 6.92 Å². The van der Waals surface area contributed by atoms with E-state index in [-0.39, 0.29) is 12.1 Å². The van der Waals surface area contributed by atoms with Crippen molar-refractivity contribution in [1.82, 2.24) is 5.32 Å². The Kier molecular flexibility index (Phi) is 4.39. The molecule has 1 fully saturated rings. The fraction of sp³-hybridized carbons (Fsp3) is 0.462. The molecule has 0 bridgehead atoms. The van der Waals surface area contributed by atoms with Crippen LogP contribution >= 0.6 is 11.8 Å². The van der Waals surface area contributed by atoms with Crippen LogP contribution in [0.5, 0.6) is 0 Å². The third-order valence-corrected chi connectivity index (χ3v) is 3.84. The van der Waals surface area contributed by atoms with Crippen LogP contribution in [0, 0.1) is 0 Å². The summed E-state index contributed by atoms with van der Waals surface area (Å²) >= 11 is 1.56. The van der Waals surface area contributed by atoms with Gasteiger partial charge in [0.2, 0.25) is 0 Å². The molecule has 1 N–H and O–H groups in total. The number of hydrogen-bond donors (Lipinski definition) is 1. The largest absolute Gasteiger partial charge is 0.416 e. The van der Waals surface area contributed by atoms with E-state index in [4.69, 9.17) is 0 Å². The van der Waals surface area contributed by atoms with Crippen molar-refractivity contribution in [2.75, 3.05) is 5.75 Å². The smallest absolute Gasteiger partial charge is 0.362 e. The zero-order valence-electron chi connectivity index (χ0n) is 10.5. The van der Waals surface area contributed by atoms with Crippen molar-refractivity contribution in [1.29, 1.82) is 0 Å². The number of hydrogen-bond acceptors (Lipinski definition) is 2. The van der Waals surface area contributed by atoms with Crippen molar-refractivity contribution in [3.05, 3.63) is 35.4 Å². The van der Waals surface area contributed by atoms with Gasteiger partial charge in [-0.05, 0) is 25.0 Å². The van der Waals surface area contributed by atoms with Crippen molar-refractivity contribution in [3.8, 4) is 0 Å². The van der Waals surface area contributed by atoms with Crippen LogP contribution in [-0.4, -0.2) is 17.0 Å². The Morgan fingerprint density at radius 2 is 2.11 bits per heavy atom. The number of alkyl halides is 3. The van der Waals surface area contributed by atoms with E-state index in [1.165, 1.54) is 12.1 Å². The lowest BCUT2D eigenvalue weighted by molar-refractivity contribution is -0.138. The lowest BCUT2D eigenvalue weighted by Gasteiger charge is -2.22.